The zero-order chi connectivity index (χ0) is 19.6. The van der Waals surface area contributed by atoms with Crippen molar-refractivity contribution in [1.29, 1.82) is 5.26 Å². The summed E-state index contributed by atoms with van der Waals surface area (Å²) in [5, 5.41) is 9.30. The molecule has 1 aliphatic rings. The SMILES string of the molecule is Cc1cccc(N2C(=O)[C@H](Cc3ccccc3C)S/C2=C(\C#N)C(N)=O)c1. The van der Waals surface area contributed by atoms with E-state index in [0.29, 0.717) is 17.1 Å². The highest BCUT2D eigenvalue weighted by Gasteiger charge is 2.40. The zero-order valence-corrected chi connectivity index (χ0v) is 15.9. The van der Waals surface area contributed by atoms with Crippen LogP contribution in [-0.2, 0) is 16.0 Å². The third kappa shape index (κ3) is 3.74. The third-order valence-electron chi connectivity index (χ3n) is 4.45. The molecule has 6 heteroatoms. The van der Waals surface area contributed by atoms with Crippen molar-refractivity contribution in [3.8, 4) is 6.07 Å². The van der Waals surface area contributed by atoms with Gasteiger partial charge in [0.25, 0.3) is 5.91 Å². The van der Waals surface area contributed by atoms with Crippen LogP contribution in [0.25, 0.3) is 0 Å². The molecule has 1 fully saturated rings. The van der Waals surface area contributed by atoms with E-state index in [9.17, 15) is 14.9 Å². The summed E-state index contributed by atoms with van der Waals surface area (Å²) in [4.78, 5) is 26.4. The Morgan fingerprint density at radius 1 is 1.22 bits per heavy atom. The van der Waals surface area contributed by atoms with Gasteiger partial charge in [0.05, 0.1) is 5.25 Å². The highest BCUT2D eigenvalue weighted by atomic mass is 32.2. The standard InChI is InChI=1S/C21H19N3O2S/c1-13-6-5-9-16(10-13)24-20(26)18(11-15-8-4-3-7-14(15)2)27-21(24)17(12-22)19(23)25/h3-10,18H,11H2,1-2H3,(H2,23,25)/b21-17+/t18-/m0/s1. The van der Waals surface area contributed by atoms with Crippen molar-refractivity contribution in [3.05, 3.63) is 75.8 Å². The van der Waals surface area contributed by atoms with E-state index >= 15 is 0 Å². The second kappa shape index (κ2) is 7.68. The Kier molecular flexibility index (Phi) is 5.33. The van der Waals surface area contributed by atoms with Crippen molar-refractivity contribution < 1.29 is 9.59 Å². The Morgan fingerprint density at radius 3 is 2.59 bits per heavy atom. The van der Waals surface area contributed by atoms with Gasteiger partial charge in [-0.25, -0.2) is 0 Å². The van der Waals surface area contributed by atoms with Crippen LogP contribution in [0.3, 0.4) is 0 Å². The van der Waals surface area contributed by atoms with E-state index in [1.54, 1.807) is 6.07 Å². The Bertz CT molecular complexity index is 991. The zero-order valence-electron chi connectivity index (χ0n) is 15.1. The van der Waals surface area contributed by atoms with Gasteiger partial charge >= 0.3 is 0 Å². The van der Waals surface area contributed by atoms with Crippen LogP contribution in [-0.4, -0.2) is 17.1 Å². The fourth-order valence-corrected chi connectivity index (χ4v) is 4.34. The van der Waals surface area contributed by atoms with Crippen molar-refractivity contribution in [2.75, 3.05) is 4.90 Å². The Morgan fingerprint density at radius 2 is 1.96 bits per heavy atom. The summed E-state index contributed by atoms with van der Waals surface area (Å²) in [6, 6.07) is 17.1. The second-order valence-electron chi connectivity index (χ2n) is 6.41. The maximum atomic E-state index is 13.2. The number of benzene rings is 2. The number of carbonyl (C=O) groups is 2. The van der Waals surface area contributed by atoms with Gasteiger partial charge in [0.15, 0.2) is 0 Å². The van der Waals surface area contributed by atoms with Gasteiger partial charge in [0, 0.05) is 5.69 Å². The molecule has 27 heavy (non-hydrogen) atoms. The molecule has 1 atom stereocenters. The molecule has 2 aromatic carbocycles. The van der Waals surface area contributed by atoms with E-state index in [2.05, 4.69) is 0 Å². The monoisotopic (exact) mass is 377 g/mol. The number of carbonyl (C=O) groups excluding carboxylic acids is 2. The molecule has 0 saturated carbocycles. The number of nitrogens with two attached hydrogens (primary N) is 1. The van der Waals surface area contributed by atoms with Crippen molar-refractivity contribution in [1.82, 2.24) is 0 Å². The molecular weight excluding hydrogens is 358 g/mol. The van der Waals surface area contributed by atoms with E-state index < -0.39 is 11.2 Å². The van der Waals surface area contributed by atoms with Gasteiger partial charge in [-0.05, 0) is 49.1 Å². The summed E-state index contributed by atoms with van der Waals surface area (Å²) < 4.78 is 0. The number of primary amides is 1. The van der Waals surface area contributed by atoms with Gasteiger partial charge in [0.2, 0.25) is 5.91 Å². The normalized spacial score (nSPS) is 18.3. The first-order valence-electron chi connectivity index (χ1n) is 8.48. The minimum Gasteiger partial charge on any atom is -0.365 e. The van der Waals surface area contributed by atoms with Gasteiger partial charge in [-0.1, -0.05) is 48.2 Å². The minimum atomic E-state index is -0.831. The Balaban J connectivity index is 2.06. The van der Waals surface area contributed by atoms with Crippen LogP contribution in [0.15, 0.2) is 59.1 Å². The first-order chi connectivity index (χ1) is 12.9. The molecule has 1 aliphatic heterocycles. The number of anilines is 1. The molecule has 0 spiro atoms. The molecule has 0 bridgehead atoms. The third-order valence-corrected chi connectivity index (χ3v) is 5.71. The van der Waals surface area contributed by atoms with E-state index in [1.807, 2.05) is 62.4 Å². The van der Waals surface area contributed by atoms with E-state index in [1.165, 1.54) is 16.7 Å². The molecule has 5 nitrogen and oxygen atoms in total. The molecule has 2 amide bonds. The molecule has 1 heterocycles. The molecule has 136 valence electrons. The van der Waals surface area contributed by atoms with Crippen LogP contribution in [0.2, 0.25) is 0 Å². The number of hydrogen-bond donors (Lipinski definition) is 1. The van der Waals surface area contributed by atoms with Gasteiger partial charge < -0.3 is 5.73 Å². The molecule has 2 N–H and O–H groups in total. The summed E-state index contributed by atoms with van der Waals surface area (Å²) in [7, 11) is 0. The summed E-state index contributed by atoms with van der Waals surface area (Å²) in [6.45, 7) is 3.92. The summed E-state index contributed by atoms with van der Waals surface area (Å²) in [5.41, 5.74) is 8.97. The number of nitrogens with zero attached hydrogens (tertiary/aromatic N) is 2. The number of aryl methyl sites for hydroxylation is 2. The van der Waals surface area contributed by atoms with Crippen molar-refractivity contribution in [2.45, 2.75) is 25.5 Å². The van der Waals surface area contributed by atoms with E-state index in [-0.39, 0.29) is 11.5 Å². The highest BCUT2D eigenvalue weighted by molar-refractivity contribution is 8.05. The molecule has 0 aromatic heterocycles. The maximum Gasteiger partial charge on any atom is 0.262 e. The Hall–Kier alpha value is -3.04. The summed E-state index contributed by atoms with van der Waals surface area (Å²) in [5.74, 6) is -0.986. The lowest BCUT2D eigenvalue weighted by molar-refractivity contribution is -0.117. The lowest BCUT2D eigenvalue weighted by atomic mass is 10.0. The lowest BCUT2D eigenvalue weighted by Gasteiger charge is -2.18. The molecule has 0 aliphatic carbocycles. The van der Waals surface area contributed by atoms with Crippen LogP contribution in [0.5, 0.6) is 0 Å². The topological polar surface area (TPSA) is 87.2 Å². The maximum absolute atomic E-state index is 13.2. The average molecular weight is 377 g/mol. The molecule has 2 aromatic rings. The van der Waals surface area contributed by atoms with Crippen molar-refractivity contribution in [2.24, 2.45) is 5.73 Å². The Labute approximate surface area is 162 Å². The van der Waals surface area contributed by atoms with Crippen LogP contribution < -0.4 is 10.6 Å². The first-order valence-corrected chi connectivity index (χ1v) is 9.36. The summed E-state index contributed by atoms with van der Waals surface area (Å²) in [6.07, 6.45) is 0.513. The summed E-state index contributed by atoms with van der Waals surface area (Å²) >= 11 is 1.22. The van der Waals surface area contributed by atoms with Crippen LogP contribution in [0.1, 0.15) is 16.7 Å². The molecule has 1 saturated heterocycles. The van der Waals surface area contributed by atoms with Crippen molar-refractivity contribution in [3.63, 3.8) is 0 Å². The molecule has 3 rings (SSSR count). The quantitative estimate of drug-likeness (QED) is 0.655. The number of rotatable bonds is 4. The van der Waals surface area contributed by atoms with Gasteiger partial charge in [-0.15, -0.1) is 0 Å². The number of hydrogen-bond acceptors (Lipinski definition) is 4. The predicted molar refractivity (Wildman–Crippen MR) is 107 cm³/mol. The predicted octanol–water partition coefficient (Wildman–Crippen LogP) is 3.22. The number of nitriles is 1. The van der Waals surface area contributed by atoms with E-state index in [0.717, 1.165) is 16.7 Å². The minimum absolute atomic E-state index is 0.155. The van der Waals surface area contributed by atoms with Crippen LogP contribution in [0.4, 0.5) is 5.69 Å². The van der Waals surface area contributed by atoms with Gasteiger partial charge in [-0.2, -0.15) is 5.26 Å². The van der Waals surface area contributed by atoms with Crippen LogP contribution in [0, 0.1) is 25.2 Å². The lowest BCUT2D eigenvalue weighted by Crippen LogP contribution is -2.31. The fourth-order valence-electron chi connectivity index (χ4n) is 3.04. The number of thioether (sulfide) groups is 1. The van der Waals surface area contributed by atoms with E-state index in [4.69, 9.17) is 5.73 Å². The van der Waals surface area contributed by atoms with Crippen LogP contribution >= 0.6 is 11.8 Å². The largest absolute Gasteiger partial charge is 0.365 e. The average Bonchev–Trinajstić information content (AvgIpc) is 2.93. The molecule has 0 radical (unpaired) electrons. The fraction of sp³-hybridized carbons (Fsp3) is 0.190. The smallest absolute Gasteiger partial charge is 0.262 e. The van der Waals surface area contributed by atoms with Gasteiger partial charge in [0.1, 0.15) is 16.7 Å². The first kappa shape index (κ1) is 18.7. The highest BCUT2D eigenvalue weighted by Crippen LogP contribution is 2.42. The second-order valence-corrected chi connectivity index (χ2v) is 7.60. The molecule has 0 unspecified atom stereocenters. The molecular formula is C21H19N3O2S. The van der Waals surface area contributed by atoms with Crippen molar-refractivity contribution >= 4 is 29.3 Å². The number of amides is 2. The van der Waals surface area contributed by atoms with Gasteiger partial charge in [-0.3, -0.25) is 14.5 Å².